The van der Waals surface area contributed by atoms with Gasteiger partial charge in [0.2, 0.25) is 0 Å². The molecule has 0 amide bonds. The van der Waals surface area contributed by atoms with Crippen LogP contribution >= 0.6 is 0 Å². The second-order valence-corrected chi connectivity index (χ2v) is 9.38. The van der Waals surface area contributed by atoms with Crippen molar-refractivity contribution in [1.29, 1.82) is 0 Å². The maximum absolute atomic E-state index is 10.6. The third-order valence-corrected chi connectivity index (χ3v) is 7.13. The molecular formula is C30H26O6. The van der Waals surface area contributed by atoms with Crippen LogP contribution in [0, 0.1) is 0 Å². The number of ether oxygens (including phenoxy) is 1. The van der Waals surface area contributed by atoms with E-state index in [4.69, 9.17) is 4.74 Å². The molecule has 1 aliphatic rings. The number of phenolic OH excluding ortho intramolecular Hbond substituents is 5. The molecule has 5 rings (SSSR count). The average Bonchev–Trinajstić information content (AvgIpc) is 3.06. The quantitative estimate of drug-likeness (QED) is 0.228. The highest BCUT2D eigenvalue weighted by molar-refractivity contribution is 5.77. The Balaban J connectivity index is 1.77. The molecule has 4 aromatic rings. The summed E-state index contributed by atoms with van der Waals surface area (Å²) in [4.78, 5) is 0. The average molecular weight is 483 g/mol. The molecular weight excluding hydrogens is 456 g/mol. The second-order valence-electron chi connectivity index (χ2n) is 9.38. The fourth-order valence-electron chi connectivity index (χ4n) is 5.13. The number of phenols is 5. The minimum Gasteiger partial charge on any atom is -0.508 e. The Kier molecular flexibility index (Phi) is 5.32. The second kappa shape index (κ2) is 8.27. The summed E-state index contributed by atoms with van der Waals surface area (Å²) < 4.78 is 6.59. The van der Waals surface area contributed by atoms with E-state index in [0.717, 1.165) is 16.7 Å². The first-order chi connectivity index (χ1) is 17.1. The van der Waals surface area contributed by atoms with Crippen LogP contribution in [-0.2, 0) is 11.0 Å². The van der Waals surface area contributed by atoms with Gasteiger partial charge in [0.1, 0.15) is 40.1 Å². The van der Waals surface area contributed by atoms with Crippen LogP contribution in [-0.4, -0.2) is 25.5 Å². The van der Waals surface area contributed by atoms with E-state index in [0.29, 0.717) is 16.9 Å². The van der Waals surface area contributed by atoms with Gasteiger partial charge in [-0.25, -0.2) is 0 Å². The highest BCUT2D eigenvalue weighted by atomic mass is 16.5. The molecule has 2 unspecified atom stereocenters. The van der Waals surface area contributed by atoms with E-state index >= 15 is 0 Å². The molecule has 6 nitrogen and oxygen atoms in total. The first kappa shape index (κ1) is 23.2. The summed E-state index contributed by atoms with van der Waals surface area (Å²) in [7, 11) is 0. The van der Waals surface area contributed by atoms with Gasteiger partial charge < -0.3 is 30.3 Å². The molecule has 5 N–H and O–H groups in total. The van der Waals surface area contributed by atoms with E-state index in [1.54, 1.807) is 72.8 Å². The first-order valence-electron chi connectivity index (χ1n) is 11.5. The number of aromatic hydroxyl groups is 5. The van der Waals surface area contributed by atoms with Gasteiger partial charge in [0.15, 0.2) is 0 Å². The van der Waals surface area contributed by atoms with E-state index in [-0.39, 0.29) is 28.7 Å². The predicted octanol–water partition coefficient (Wildman–Crippen LogP) is 6.00. The molecule has 2 atom stereocenters. The third-order valence-electron chi connectivity index (χ3n) is 7.13. The van der Waals surface area contributed by atoms with Crippen molar-refractivity contribution in [3.8, 4) is 34.5 Å². The molecule has 4 aromatic carbocycles. The van der Waals surface area contributed by atoms with Crippen LogP contribution in [0.15, 0.2) is 78.9 Å². The highest BCUT2D eigenvalue weighted by Crippen LogP contribution is 2.60. The number of fused-ring (bicyclic) bond motifs is 1. The lowest BCUT2D eigenvalue weighted by atomic mass is 9.63. The summed E-state index contributed by atoms with van der Waals surface area (Å²) in [5.74, 6) is 0.585. The van der Waals surface area contributed by atoms with Crippen molar-refractivity contribution in [3.05, 3.63) is 107 Å². The van der Waals surface area contributed by atoms with Gasteiger partial charge in [-0.2, -0.15) is 0 Å². The first-order valence-corrected chi connectivity index (χ1v) is 11.5. The van der Waals surface area contributed by atoms with E-state index in [9.17, 15) is 25.5 Å². The third kappa shape index (κ3) is 3.67. The lowest BCUT2D eigenvalue weighted by Gasteiger charge is -2.41. The molecule has 1 heterocycles. The van der Waals surface area contributed by atoms with Gasteiger partial charge >= 0.3 is 0 Å². The maximum atomic E-state index is 10.6. The Hall–Kier alpha value is -4.58. The largest absolute Gasteiger partial charge is 0.508 e. The van der Waals surface area contributed by atoms with Crippen LogP contribution in [0.2, 0.25) is 0 Å². The summed E-state index contributed by atoms with van der Waals surface area (Å²) in [5.41, 5.74) is 1.67. The van der Waals surface area contributed by atoms with Gasteiger partial charge in [-0.1, -0.05) is 36.4 Å². The molecule has 0 bridgehead atoms. The van der Waals surface area contributed by atoms with Gasteiger partial charge in [-0.15, -0.1) is 0 Å². The minimum absolute atomic E-state index is 0.0233. The summed E-state index contributed by atoms with van der Waals surface area (Å²) in [6, 6.07) is 21.1. The number of benzene rings is 4. The van der Waals surface area contributed by atoms with Gasteiger partial charge in [0, 0.05) is 17.7 Å². The Morgan fingerprint density at radius 1 is 0.583 bits per heavy atom. The fraction of sp³-hybridized carbons (Fsp3) is 0.133. The highest BCUT2D eigenvalue weighted by Gasteiger charge is 2.57. The zero-order valence-corrected chi connectivity index (χ0v) is 19.8. The van der Waals surface area contributed by atoms with Gasteiger partial charge in [-0.3, -0.25) is 0 Å². The lowest BCUT2D eigenvalue weighted by Crippen LogP contribution is -2.45. The Morgan fingerprint density at radius 2 is 1.14 bits per heavy atom. The Bertz CT molecular complexity index is 1450. The van der Waals surface area contributed by atoms with Gasteiger partial charge in [0.05, 0.1) is 5.41 Å². The van der Waals surface area contributed by atoms with Crippen molar-refractivity contribution in [1.82, 2.24) is 0 Å². The lowest BCUT2D eigenvalue weighted by molar-refractivity contribution is 0.0575. The normalized spacial score (nSPS) is 20.8. The smallest absolute Gasteiger partial charge is 0.145 e. The fourth-order valence-corrected chi connectivity index (χ4v) is 5.13. The minimum atomic E-state index is -1.04. The zero-order chi connectivity index (χ0) is 25.7. The molecule has 36 heavy (non-hydrogen) atoms. The predicted molar refractivity (Wildman–Crippen MR) is 137 cm³/mol. The van der Waals surface area contributed by atoms with Crippen LogP contribution in [0.3, 0.4) is 0 Å². The summed E-state index contributed by atoms with van der Waals surface area (Å²) >= 11 is 0. The van der Waals surface area contributed by atoms with Crippen molar-refractivity contribution in [2.45, 2.75) is 24.9 Å². The maximum Gasteiger partial charge on any atom is 0.145 e. The monoisotopic (exact) mass is 482 g/mol. The molecule has 0 spiro atoms. The molecule has 1 aliphatic heterocycles. The van der Waals surface area contributed by atoms with Crippen LogP contribution in [0.1, 0.15) is 41.7 Å². The van der Waals surface area contributed by atoms with E-state index in [1.165, 1.54) is 6.07 Å². The van der Waals surface area contributed by atoms with E-state index < -0.39 is 11.0 Å². The molecule has 0 aliphatic carbocycles. The molecule has 0 saturated heterocycles. The Labute approximate surface area is 208 Å². The standard InChI is InChI=1S/C30H26O6/c1-29(21-14-25(34)16-26(35)15-21)28-19(6-3-18-4-9-22(31)10-5-18)13-24(33)17-27(28)36-30(29,2)20-7-11-23(32)12-8-20/h3-17,31-35H,1-2H3. The van der Waals surface area contributed by atoms with Crippen LogP contribution in [0.25, 0.3) is 12.2 Å². The van der Waals surface area contributed by atoms with Crippen molar-refractivity contribution < 1.29 is 30.3 Å². The molecule has 0 saturated carbocycles. The van der Waals surface area contributed by atoms with Crippen LogP contribution < -0.4 is 4.74 Å². The van der Waals surface area contributed by atoms with Crippen molar-refractivity contribution in [2.24, 2.45) is 0 Å². The molecule has 0 radical (unpaired) electrons. The van der Waals surface area contributed by atoms with Crippen LogP contribution in [0.5, 0.6) is 34.5 Å². The van der Waals surface area contributed by atoms with Crippen molar-refractivity contribution in [3.63, 3.8) is 0 Å². The SMILES string of the molecule is CC1(c2ccc(O)cc2)Oc2cc(O)cc(C=Cc3ccc(O)cc3)c2C1(C)c1cc(O)cc(O)c1. The number of rotatable bonds is 4. The number of hydrogen-bond acceptors (Lipinski definition) is 6. The van der Waals surface area contributed by atoms with E-state index in [1.807, 2.05) is 26.0 Å². The molecule has 0 aromatic heterocycles. The zero-order valence-electron chi connectivity index (χ0n) is 19.8. The summed E-state index contributed by atoms with van der Waals surface area (Å²) in [6.07, 6.45) is 3.73. The molecule has 0 fully saturated rings. The number of hydrogen-bond donors (Lipinski definition) is 5. The van der Waals surface area contributed by atoms with Gasteiger partial charge in [-0.05, 0) is 78.6 Å². The van der Waals surface area contributed by atoms with Gasteiger partial charge in [0.25, 0.3) is 0 Å². The van der Waals surface area contributed by atoms with E-state index in [2.05, 4.69) is 0 Å². The summed E-state index contributed by atoms with van der Waals surface area (Å²) in [6.45, 7) is 3.87. The van der Waals surface area contributed by atoms with Crippen molar-refractivity contribution in [2.75, 3.05) is 0 Å². The summed E-state index contributed by atoms with van der Waals surface area (Å²) in [5, 5.41) is 50.8. The topological polar surface area (TPSA) is 110 Å². The van der Waals surface area contributed by atoms with Crippen LogP contribution in [0.4, 0.5) is 0 Å². The van der Waals surface area contributed by atoms with Crippen molar-refractivity contribution >= 4 is 12.2 Å². The Morgan fingerprint density at radius 3 is 1.75 bits per heavy atom. The molecule has 6 heteroatoms. The molecule has 182 valence electrons.